The lowest BCUT2D eigenvalue weighted by Crippen LogP contribution is -2.33. The van der Waals surface area contributed by atoms with E-state index in [-0.39, 0.29) is 5.28 Å². The summed E-state index contributed by atoms with van der Waals surface area (Å²) in [6, 6.07) is 9.77. The molecule has 4 N–H and O–H groups in total. The second kappa shape index (κ2) is 7.37. The maximum absolute atomic E-state index is 10.3. The van der Waals surface area contributed by atoms with Gasteiger partial charge < -0.3 is 25.4 Å². The number of halogens is 1. The van der Waals surface area contributed by atoms with E-state index >= 15 is 0 Å². The standard InChI is InChI=1S/C17H18ClN5O4/c18-17-21-14(19-6-9-4-2-1-3-5-9)11-15(22-17)23(8-20-11)16-13(26)12(25)10(7-24)27-16/h1-5,8,10,12-13,16,24-26H,6-7H2,(H,19,21,22)/t10-,12+,13+,16-/m1/s1. The molecule has 3 heterocycles. The van der Waals surface area contributed by atoms with Gasteiger partial charge in [-0.3, -0.25) is 4.57 Å². The van der Waals surface area contributed by atoms with Crippen molar-refractivity contribution in [1.82, 2.24) is 19.5 Å². The fourth-order valence-electron chi connectivity index (χ4n) is 3.09. The molecule has 1 fully saturated rings. The number of imidazole rings is 1. The number of hydrogen-bond acceptors (Lipinski definition) is 8. The minimum atomic E-state index is -1.24. The van der Waals surface area contributed by atoms with E-state index in [1.165, 1.54) is 10.9 Å². The maximum Gasteiger partial charge on any atom is 0.226 e. The number of fused-ring (bicyclic) bond motifs is 1. The number of ether oxygens (including phenoxy) is 1. The number of rotatable bonds is 5. The average molecular weight is 392 g/mol. The molecule has 0 unspecified atom stereocenters. The van der Waals surface area contributed by atoms with Crippen molar-refractivity contribution < 1.29 is 20.1 Å². The van der Waals surface area contributed by atoms with Gasteiger partial charge in [-0.1, -0.05) is 30.3 Å². The molecule has 0 spiro atoms. The molecule has 4 atom stereocenters. The lowest BCUT2D eigenvalue weighted by Gasteiger charge is -2.16. The molecule has 0 aliphatic carbocycles. The molecule has 4 rings (SSSR count). The van der Waals surface area contributed by atoms with Crippen molar-refractivity contribution in [2.75, 3.05) is 11.9 Å². The Kier molecular flexibility index (Phi) is 4.94. The SMILES string of the molecule is OC[C@H]1O[C@@H](n2cnc3c(NCc4ccccc4)nc(Cl)nc32)[C@@H](O)[C@H]1O. The summed E-state index contributed by atoms with van der Waals surface area (Å²) in [5.41, 5.74) is 1.86. The first-order valence-electron chi connectivity index (χ1n) is 8.39. The molecule has 0 saturated carbocycles. The topological polar surface area (TPSA) is 126 Å². The second-order valence-corrected chi connectivity index (χ2v) is 6.57. The van der Waals surface area contributed by atoms with Gasteiger partial charge in [0.15, 0.2) is 23.2 Å². The number of aliphatic hydroxyl groups excluding tert-OH is 3. The molecule has 1 aliphatic heterocycles. The quantitative estimate of drug-likeness (QED) is 0.468. The van der Waals surface area contributed by atoms with Crippen LogP contribution < -0.4 is 5.32 Å². The van der Waals surface area contributed by atoms with Gasteiger partial charge in [0.2, 0.25) is 5.28 Å². The summed E-state index contributed by atoms with van der Waals surface area (Å²) in [6.07, 6.45) is -2.87. The third-order valence-electron chi connectivity index (χ3n) is 4.49. The number of benzene rings is 1. The van der Waals surface area contributed by atoms with Crippen LogP contribution in [0, 0.1) is 0 Å². The number of hydrogen-bond donors (Lipinski definition) is 4. The summed E-state index contributed by atoms with van der Waals surface area (Å²) < 4.78 is 7.02. The first-order valence-corrected chi connectivity index (χ1v) is 8.76. The smallest absolute Gasteiger partial charge is 0.226 e. The van der Waals surface area contributed by atoms with E-state index in [4.69, 9.17) is 16.3 Å². The van der Waals surface area contributed by atoms with Gasteiger partial charge in [-0.15, -0.1) is 0 Å². The number of aliphatic hydroxyl groups is 3. The lowest BCUT2D eigenvalue weighted by atomic mass is 10.1. The Morgan fingerprint density at radius 2 is 1.93 bits per heavy atom. The van der Waals surface area contributed by atoms with Gasteiger partial charge in [0, 0.05) is 6.54 Å². The van der Waals surface area contributed by atoms with Gasteiger partial charge in [0.1, 0.15) is 18.3 Å². The third-order valence-corrected chi connectivity index (χ3v) is 4.66. The molecule has 1 aliphatic rings. The van der Waals surface area contributed by atoms with Crippen molar-refractivity contribution >= 4 is 28.6 Å². The molecule has 3 aromatic rings. The summed E-state index contributed by atoms with van der Waals surface area (Å²) in [6.45, 7) is 0.102. The van der Waals surface area contributed by atoms with E-state index in [0.717, 1.165) is 5.56 Å². The van der Waals surface area contributed by atoms with Crippen molar-refractivity contribution in [3.8, 4) is 0 Å². The number of nitrogens with one attached hydrogen (secondary N) is 1. The summed E-state index contributed by atoms with van der Waals surface area (Å²) in [4.78, 5) is 12.7. The zero-order valence-electron chi connectivity index (χ0n) is 14.1. The Hall–Kier alpha value is -2.30. The van der Waals surface area contributed by atoms with Gasteiger partial charge in [-0.2, -0.15) is 9.97 Å². The second-order valence-electron chi connectivity index (χ2n) is 6.23. The molecular weight excluding hydrogens is 374 g/mol. The van der Waals surface area contributed by atoms with Crippen LogP contribution in [-0.4, -0.2) is 59.8 Å². The van der Waals surface area contributed by atoms with Crippen LogP contribution >= 0.6 is 11.6 Å². The number of aromatic nitrogens is 4. The van der Waals surface area contributed by atoms with Crippen molar-refractivity contribution in [1.29, 1.82) is 0 Å². The fourth-order valence-corrected chi connectivity index (χ4v) is 3.26. The number of anilines is 1. The molecule has 1 saturated heterocycles. The Morgan fingerprint density at radius 1 is 1.15 bits per heavy atom. The first kappa shape index (κ1) is 18.1. The van der Waals surface area contributed by atoms with Gasteiger partial charge in [-0.05, 0) is 17.2 Å². The van der Waals surface area contributed by atoms with Gasteiger partial charge in [-0.25, -0.2) is 4.98 Å². The lowest BCUT2D eigenvalue weighted by molar-refractivity contribution is -0.0511. The summed E-state index contributed by atoms with van der Waals surface area (Å²) in [5, 5.41) is 32.7. The average Bonchev–Trinajstić information content (AvgIpc) is 3.22. The minimum Gasteiger partial charge on any atom is -0.394 e. The highest BCUT2D eigenvalue weighted by molar-refractivity contribution is 6.28. The van der Waals surface area contributed by atoms with E-state index in [9.17, 15) is 15.3 Å². The highest BCUT2D eigenvalue weighted by Gasteiger charge is 2.44. The van der Waals surface area contributed by atoms with E-state index in [1.54, 1.807) is 0 Å². The maximum atomic E-state index is 10.3. The molecule has 0 amide bonds. The van der Waals surface area contributed by atoms with Crippen molar-refractivity contribution in [3.63, 3.8) is 0 Å². The molecule has 1 aromatic carbocycles. The van der Waals surface area contributed by atoms with Crippen LogP contribution in [0.15, 0.2) is 36.7 Å². The monoisotopic (exact) mass is 391 g/mol. The molecule has 27 heavy (non-hydrogen) atoms. The first-order chi connectivity index (χ1) is 13.1. The van der Waals surface area contributed by atoms with Crippen LogP contribution in [0.25, 0.3) is 11.2 Å². The highest BCUT2D eigenvalue weighted by Crippen LogP contribution is 2.32. The predicted molar refractivity (Wildman–Crippen MR) is 97.1 cm³/mol. The summed E-state index contributed by atoms with van der Waals surface area (Å²) >= 11 is 6.07. The minimum absolute atomic E-state index is 0.00607. The van der Waals surface area contributed by atoms with Crippen LogP contribution in [-0.2, 0) is 11.3 Å². The van der Waals surface area contributed by atoms with Crippen molar-refractivity contribution in [2.24, 2.45) is 0 Å². The molecule has 142 valence electrons. The zero-order valence-corrected chi connectivity index (χ0v) is 14.9. The van der Waals surface area contributed by atoms with Crippen LogP contribution in [0.5, 0.6) is 0 Å². The van der Waals surface area contributed by atoms with Gasteiger partial charge >= 0.3 is 0 Å². The molecular formula is C17H18ClN5O4. The Morgan fingerprint density at radius 3 is 2.63 bits per heavy atom. The third kappa shape index (κ3) is 3.35. The van der Waals surface area contributed by atoms with Gasteiger partial charge in [0.05, 0.1) is 12.9 Å². The van der Waals surface area contributed by atoms with E-state index in [1.807, 2.05) is 30.3 Å². The van der Waals surface area contributed by atoms with E-state index in [2.05, 4.69) is 20.3 Å². The normalized spacial score (nSPS) is 25.2. The van der Waals surface area contributed by atoms with Crippen molar-refractivity contribution in [2.45, 2.75) is 31.1 Å². The van der Waals surface area contributed by atoms with Gasteiger partial charge in [0.25, 0.3) is 0 Å². The fraction of sp³-hybridized carbons (Fsp3) is 0.353. The Balaban J connectivity index is 1.66. The summed E-state index contributed by atoms with van der Waals surface area (Å²) in [5.74, 6) is 0.444. The molecule has 0 radical (unpaired) electrons. The molecule has 10 heteroatoms. The van der Waals surface area contributed by atoms with Crippen LogP contribution in [0.4, 0.5) is 5.82 Å². The van der Waals surface area contributed by atoms with Crippen LogP contribution in [0.2, 0.25) is 5.28 Å². The zero-order chi connectivity index (χ0) is 19.0. The molecule has 9 nitrogen and oxygen atoms in total. The Labute approximate surface area is 159 Å². The van der Waals surface area contributed by atoms with E-state index in [0.29, 0.717) is 23.5 Å². The number of nitrogens with zero attached hydrogens (tertiary/aromatic N) is 4. The molecule has 2 aromatic heterocycles. The summed E-state index contributed by atoms with van der Waals surface area (Å²) in [7, 11) is 0. The predicted octanol–water partition coefficient (Wildman–Crippen LogP) is 0.703. The van der Waals surface area contributed by atoms with Crippen LogP contribution in [0.1, 0.15) is 11.8 Å². The van der Waals surface area contributed by atoms with Crippen molar-refractivity contribution in [3.05, 3.63) is 47.5 Å². The molecule has 0 bridgehead atoms. The Bertz CT molecular complexity index is 938. The highest BCUT2D eigenvalue weighted by atomic mass is 35.5. The largest absolute Gasteiger partial charge is 0.394 e. The van der Waals surface area contributed by atoms with E-state index < -0.39 is 31.1 Å². The van der Waals surface area contributed by atoms with Crippen LogP contribution in [0.3, 0.4) is 0 Å².